The highest BCUT2D eigenvalue weighted by Crippen LogP contribution is 2.31. The number of hydrogen-bond donors (Lipinski definition) is 1. The predicted molar refractivity (Wildman–Crippen MR) is 118 cm³/mol. The van der Waals surface area contributed by atoms with Gasteiger partial charge in [0, 0.05) is 34.6 Å². The molecule has 5 atom stereocenters. The van der Waals surface area contributed by atoms with Crippen molar-refractivity contribution in [1.82, 2.24) is 0 Å². The fourth-order valence-electron chi connectivity index (χ4n) is 3.41. The minimum atomic E-state index is -1.69. The molecule has 1 aliphatic heterocycles. The normalized spacial score (nSPS) is 23.0. The van der Waals surface area contributed by atoms with E-state index in [1.807, 2.05) is 0 Å². The monoisotopic (exact) mass is 509 g/mol. The van der Waals surface area contributed by atoms with Gasteiger partial charge in [0.25, 0.3) is 0 Å². The Bertz CT molecular complexity index is 1020. The number of amides is 1. The SMILES string of the molecule is CC(=O)Nc1ccccc1C(=O)O[C@@H]1O[C@H](COC(C)=O)[C@@H](OC(C)=O)[C@H](OC(C)=O)[C@H]1OC(C)=O. The number of anilines is 1. The molecule has 0 bridgehead atoms. The lowest BCUT2D eigenvalue weighted by molar-refractivity contribution is -0.294. The van der Waals surface area contributed by atoms with Crippen LogP contribution in [-0.4, -0.2) is 73.1 Å². The number of esters is 5. The first-order valence-electron chi connectivity index (χ1n) is 10.8. The van der Waals surface area contributed by atoms with Crippen molar-refractivity contribution in [1.29, 1.82) is 0 Å². The molecule has 36 heavy (non-hydrogen) atoms. The lowest BCUT2D eigenvalue weighted by Gasteiger charge is -2.43. The molecule has 0 radical (unpaired) electrons. The smallest absolute Gasteiger partial charge is 0.342 e. The summed E-state index contributed by atoms with van der Waals surface area (Å²) >= 11 is 0. The van der Waals surface area contributed by atoms with Crippen molar-refractivity contribution in [3.63, 3.8) is 0 Å². The van der Waals surface area contributed by atoms with Crippen LogP contribution >= 0.6 is 0 Å². The summed E-state index contributed by atoms with van der Waals surface area (Å²) in [5.74, 6) is -4.59. The van der Waals surface area contributed by atoms with Crippen LogP contribution in [0.1, 0.15) is 45.0 Å². The molecule has 1 N–H and O–H groups in total. The Morgan fingerprint density at radius 2 is 1.31 bits per heavy atom. The molecule has 1 saturated heterocycles. The number of nitrogens with one attached hydrogen (secondary N) is 1. The number of ether oxygens (including phenoxy) is 6. The molecule has 0 aliphatic carbocycles. The fraction of sp³-hybridized carbons (Fsp3) is 0.478. The van der Waals surface area contributed by atoms with Crippen molar-refractivity contribution in [2.24, 2.45) is 0 Å². The first kappa shape index (κ1) is 28.2. The molecule has 1 amide bonds. The third kappa shape index (κ3) is 8.05. The molecule has 13 nitrogen and oxygen atoms in total. The molecule has 2 rings (SSSR count). The van der Waals surface area contributed by atoms with E-state index in [1.54, 1.807) is 6.07 Å². The lowest BCUT2D eigenvalue weighted by atomic mass is 9.98. The molecule has 1 heterocycles. The second-order valence-electron chi connectivity index (χ2n) is 7.70. The Morgan fingerprint density at radius 3 is 1.86 bits per heavy atom. The quantitative estimate of drug-likeness (QED) is 0.388. The standard InChI is InChI=1S/C23H27NO12/c1-11(25)24-17-9-7-6-8-16(17)22(30)36-23-21(34-15(5)29)20(33-14(4)28)19(32-13(3)27)18(35-23)10-31-12(2)26/h6-9,18-21,23H,10H2,1-5H3,(H,24,25)/t18-,19-,20+,21-,23+/m1/s1. The molecule has 13 heteroatoms. The molecule has 0 aromatic heterocycles. The number of rotatable bonds is 8. The lowest BCUT2D eigenvalue weighted by Crippen LogP contribution is -2.63. The summed E-state index contributed by atoms with van der Waals surface area (Å²) in [6.45, 7) is 5.11. The average Bonchev–Trinajstić information content (AvgIpc) is 2.75. The van der Waals surface area contributed by atoms with Gasteiger partial charge in [0.15, 0.2) is 12.2 Å². The molecule has 1 fully saturated rings. The number of carbonyl (C=O) groups excluding carboxylic acids is 6. The molecular weight excluding hydrogens is 482 g/mol. The van der Waals surface area contributed by atoms with Crippen LogP contribution in [0.5, 0.6) is 0 Å². The van der Waals surface area contributed by atoms with E-state index in [9.17, 15) is 28.8 Å². The van der Waals surface area contributed by atoms with Crippen molar-refractivity contribution in [2.75, 3.05) is 11.9 Å². The molecule has 1 aromatic carbocycles. The first-order valence-corrected chi connectivity index (χ1v) is 10.8. The van der Waals surface area contributed by atoms with Gasteiger partial charge in [-0.25, -0.2) is 4.79 Å². The van der Waals surface area contributed by atoms with Crippen molar-refractivity contribution in [3.05, 3.63) is 29.8 Å². The van der Waals surface area contributed by atoms with Crippen molar-refractivity contribution >= 4 is 41.4 Å². The van der Waals surface area contributed by atoms with E-state index in [2.05, 4.69) is 5.32 Å². The Labute approximate surface area is 206 Å². The molecular formula is C23H27NO12. The highest BCUT2D eigenvalue weighted by atomic mass is 16.7. The van der Waals surface area contributed by atoms with E-state index in [1.165, 1.54) is 25.1 Å². The molecule has 0 spiro atoms. The summed E-state index contributed by atoms with van der Waals surface area (Å²) in [4.78, 5) is 71.4. The topological polar surface area (TPSA) is 170 Å². The van der Waals surface area contributed by atoms with Crippen LogP contribution in [0.3, 0.4) is 0 Å². The molecule has 0 unspecified atom stereocenters. The maximum Gasteiger partial charge on any atom is 0.342 e. The van der Waals surface area contributed by atoms with E-state index in [4.69, 9.17) is 28.4 Å². The van der Waals surface area contributed by atoms with Crippen LogP contribution in [-0.2, 0) is 52.4 Å². The average molecular weight is 509 g/mol. The van der Waals surface area contributed by atoms with E-state index in [0.717, 1.165) is 27.7 Å². The highest BCUT2D eigenvalue weighted by Gasteiger charge is 2.53. The zero-order chi connectivity index (χ0) is 27.0. The Kier molecular flexibility index (Phi) is 9.91. The summed E-state index contributed by atoms with van der Waals surface area (Å²) in [5.41, 5.74) is 0.0844. The van der Waals surface area contributed by atoms with Crippen LogP contribution in [0.2, 0.25) is 0 Å². The van der Waals surface area contributed by atoms with Gasteiger partial charge in [0.05, 0.1) is 11.3 Å². The third-order valence-electron chi connectivity index (χ3n) is 4.63. The van der Waals surface area contributed by atoms with Crippen molar-refractivity contribution in [2.45, 2.75) is 65.3 Å². The largest absolute Gasteiger partial charge is 0.463 e. The Balaban J connectivity index is 2.48. The van der Waals surface area contributed by atoms with E-state index < -0.39 is 73.1 Å². The minimum Gasteiger partial charge on any atom is -0.463 e. The van der Waals surface area contributed by atoms with Crippen LogP contribution < -0.4 is 5.32 Å². The Morgan fingerprint density at radius 1 is 0.750 bits per heavy atom. The van der Waals surface area contributed by atoms with Gasteiger partial charge in [0.1, 0.15) is 12.7 Å². The molecule has 1 aromatic rings. The summed E-state index contributed by atoms with van der Waals surface area (Å²) in [6, 6.07) is 5.94. The van der Waals surface area contributed by atoms with Crippen LogP contribution in [0.15, 0.2) is 24.3 Å². The van der Waals surface area contributed by atoms with Gasteiger partial charge in [-0.15, -0.1) is 0 Å². The van der Waals surface area contributed by atoms with Gasteiger partial charge in [-0.2, -0.15) is 0 Å². The van der Waals surface area contributed by atoms with Gasteiger partial charge in [0.2, 0.25) is 18.3 Å². The van der Waals surface area contributed by atoms with Crippen molar-refractivity contribution < 1.29 is 57.2 Å². The molecule has 196 valence electrons. The van der Waals surface area contributed by atoms with Crippen molar-refractivity contribution in [3.8, 4) is 0 Å². The van der Waals surface area contributed by atoms with E-state index in [-0.39, 0.29) is 11.3 Å². The maximum absolute atomic E-state index is 13.0. The predicted octanol–water partition coefficient (Wildman–Crippen LogP) is 0.885. The number of carbonyl (C=O) groups is 6. The maximum atomic E-state index is 13.0. The van der Waals surface area contributed by atoms with Gasteiger partial charge in [-0.05, 0) is 12.1 Å². The zero-order valence-corrected chi connectivity index (χ0v) is 20.3. The first-order chi connectivity index (χ1) is 16.9. The number of hydrogen-bond acceptors (Lipinski definition) is 12. The van der Waals surface area contributed by atoms with Gasteiger partial charge in [-0.3, -0.25) is 24.0 Å². The third-order valence-corrected chi connectivity index (χ3v) is 4.63. The summed E-state index contributed by atoms with van der Waals surface area (Å²) in [5, 5.41) is 2.49. The fourth-order valence-corrected chi connectivity index (χ4v) is 3.41. The van der Waals surface area contributed by atoms with Crippen LogP contribution in [0.25, 0.3) is 0 Å². The summed E-state index contributed by atoms with van der Waals surface area (Å²) < 4.78 is 31.9. The zero-order valence-electron chi connectivity index (χ0n) is 20.3. The number of benzene rings is 1. The van der Waals surface area contributed by atoms with Gasteiger partial charge in [-0.1, -0.05) is 12.1 Å². The van der Waals surface area contributed by atoms with E-state index >= 15 is 0 Å². The number of para-hydroxylation sites is 1. The summed E-state index contributed by atoms with van der Waals surface area (Å²) in [6.07, 6.45) is -7.42. The second-order valence-corrected chi connectivity index (χ2v) is 7.70. The molecule has 0 saturated carbocycles. The summed E-state index contributed by atoms with van der Waals surface area (Å²) in [7, 11) is 0. The van der Waals surface area contributed by atoms with Crippen LogP contribution in [0.4, 0.5) is 5.69 Å². The Hall–Kier alpha value is -4.00. The van der Waals surface area contributed by atoms with Crippen LogP contribution in [0, 0.1) is 0 Å². The van der Waals surface area contributed by atoms with E-state index in [0.29, 0.717) is 0 Å². The highest BCUT2D eigenvalue weighted by molar-refractivity contribution is 6.00. The van der Waals surface area contributed by atoms with Gasteiger partial charge >= 0.3 is 29.8 Å². The molecule has 1 aliphatic rings. The second kappa shape index (κ2) is 12.6. The minimum absolute atomic E-state index is 0.0550. The van der Waals surface area contributed by atoms with Gasteiger partial charge < -0.3 is 33.7 Å².